The van der Waals surface area contributed by atoms with Crippen molar-refractivity contribution < 1.29 is 23.7 Å². The maximum atomic E-state index is 12.8. The lowest BCUT2D eigenvalue weighted by Gasteiger charge is -2.35. The van der Waals surface area contributed by atoms with E-state index in [0.717, 1.165) is 0 Å². The van der Waals surface area contributed by atoms with Crippen LogP contribution in [0.2, 0.25) is 0 Å². The minimum Gasteiger partial charge on any atom is -0.481 e. The third-order valence-electron chi connectivity index (χ3n) is 4.29. The van der Waals surface area contributed by atoms with Crippen molar-refractivity contribution in [2.45, 2.75) is 58.4 Å². The average molecular weight is 383 g/mol. The van der Waals surface area contributed by atoms with Crippen molar-refractivity contribution in [1.29, 1.82) is 0 Å². The Hall–Kier alpha value is -2.29. The molecule has 0 bridgehead atoms. The van der Waals surface area contributed by atoms with Crippen LogP contribution in [0.4, 0.5) is 4.79 Å². The van der Waals surface area contributed by atoms with Crippen molar-refractivity contribution in [2.75, 3.05) is 20.8 Å². The molecule has 0 spiro atoms. The fourth-order valence-electron chi connectivity index (χ4n) is 3.09. The second kappa shape index (κ2) is 7.38. The van der Waals surface area contributed by atoms with Crippen LogP contribution >= 0.6 is 0 Å². The van der Waals surface area contributed by atoms with E-state index in [-0.39, 0.29) is 30.5 Å². The quantitative estimate of drug-likeness (QED) is 0.781. The van der Waals surface area contributed by atoms with Gasteiger partial charge in [0.1, 0.15) is 11.3 Å². The summed E-state index contributed by atoms with van der Waals surface area (Å²) in [7, 11) is 4.43. The van der Waals surface area contributed by atoms with Gasteiger partial charge in [0.05, 0.1) is 32.4 Å². The van der Waals surface area contributed by atoms with E-state index in [1.807, 2.05) is 0 Å². The molecule has 0 unspecified atom stereocenters. The number of ether oxygens (including phenoxy) is 4. The van der Waals surface area contributed by atoms with Gasteiger partial charge in [-0.2, -0.15) is 4.98 Å². The summed E-state index contributed by atoms with van der Waals surface area (Å²) in [4.78, 5) is 31.3. The number of hydrogen-bond acceptors (Lipinski definition) is 7. The van der Waals surface area contributed by atoms with E-state index in [0.29, 0.717) is 5.56 Å². The Morgan fingerprint density at radius 1 is 1.30 bits per heavy atom. The molecule has 2 heterocycles. The summed E-state index contributed by atoms with van der Waals surface area (Å²) in [5.74, 6) is 0.170. The summed E-state index contributed by atoms with van der Waals surface area (Å²) in [5.41, 5.74) is -1.45. The lowest BCUT2D eigenvalue weighted by molar-refractivity contribution is -0.0624. The van der Waals surface area contributed by atoms with E-state index in [4.69, 9.17) is 18.9 Å². The molecule has 0 aromatic carbocycles. The van der Waals surface area contributed by atoms with E-state index in [1.165, 1.54) is 23.7 Å². The summed E-state index contributed by atoms with van der Waals surface area (Å²) in [6.07, 6.45) is -0.276. The van der Waals surface area contributed by atoms with Crippen LogP contribution in [0.3, 0.4) is 0 Å². The lowest BCUT2D eigenvalue weighted by atomic mass is 10.1. The molecule has 1 fully saturated rings. The van der Waals surface area contributed by atoms with Crippen LogP contribution in [0.25, 0.3) is 0 Å². The monoisotopic (exact) mass is 383 g/mol. The first-order valence-electron chi connectivity index (χ1n) is 8.75. The van der Waals surface area contributed by atoms with E-state index < -0.39 is 23.5 Å². The van der Waals surface area contributed by atoms with Crippen LogP contribution < -0.4 is 15.0 Å². The van der Waals surface area contributed by atoms with E-state index in [1.54, 1.807) is 41.7 Å². The number of methoxy groups -OCH3 is 2. The molecule has 1 aromatic rings. The van der Waals surface area contributed by atoms with Gasteiger partial charge in [0.25, 0.3) is 5.56 Å². The van der Waals surface area contributed by atoms with E-state index in [9.17, 15) is 9.59 Å². The Bertz CT molecular complexity index is 766. The van der Waals surface area contributed by atoms with Gasteiger partial charge in [-0.15, -0.1) is 0 Å². The highest BCUT2D eigenvalue weighted by atomic mass is 16.6. The highest BCUT2D eigenvalue weighted by Crippen LogP contribution is 2.32. The third kappa shape index (κ3) is 4.35. The van der Waals surface area contributed by atoms with Crippen LogP contribution in [0.5, 0.6) is 11.9 Å². The van der Waals surface area contributed by atoms with Crippen LogP contribution in [0.1, 0.15) is 40.2 Å². The smallest absolute Gasteiger partial charge is 0.412 e. The average Bonchev–Trinajstić information content (AvgIpc) is 2.85. The molecule has 2 rings (SSSR count). The first-order valence-corrected chi connectivity index (χ1v) is 8.75. The Kier molecular flexibility index (Phi) is 5.74. The van der Waals surface area contributed by atoms with Crippen LogP contribution in [-0.4, -0.2) is 58.7 Å². The zero-order valence-electron chi connectivity index (χ0n) is 17.3. The van der Waals surface area contributed by atoms with Crippen molar-refractivity contribution >= 4 is 6.09 Å². The number of rotatable bonds is 4. The Morgan fingerprint density at radius 2 is 1.93 bits per heavy atom. The molecule has 1 saturated heterocycles. The van der Waals surface area contributed by atoms with Crippen molar-refractivity contribution in [2.24, 2.45) is 7.05 Å². The highest BCUT2D eigenvalue weighted by molar-refractivity contribution is 5.69. The minimum absolute atomic E-state index is 0.146. The third-order valence-corrected chi connectivity index (χ3v) is 4.29. The zero-order chi connectivity index (χ0) is 20.6. The fourth-order valence-corrected chi connectivity index (χ4v) is 3.09. The molecule has 1 aliphatic heterocycles. The van der Waals surface area contributed by atoms with Gasteiger partial charge in [0, 0.05) is 13.5 Å². The number of carbonyl (C=O) groups excluding carboxylic acids is 1. The van der Waals surface area contributed by atoms with Gasteiger partial charge in [-0.05, 0) is 34.6 Å². The standard InChI is InChI=1S/C18H29N3O6/c1-17(2,3)27-16(23)21-11(10-26-18(21,4)5)9-12-13(24-7)19-15(25-8)20(6)14(12)22/h11H,9-10H2,1-8H3/t11-/m1/s1. The minimum atomic E-state index is -0.856. The summed E-state index contributed by atoms with van der Waals surface area (Å²) in [6.45, 7) is 9.25. The molecule has 1 aliphatic rings. The first-order chi connectivity index (χ1) is 12.4. The van der Waals surface area contributed by atoms with Crippen LogP contribution in [0, 0.1) is 0 Å². The van der Waals surface area contributed by atoms with Gasteiger partial charge in [-0.3, -0.25) is 14.3 Å². The van der Waals surface area contributed by atoms with Crippen molar-refractivity contribution in [3.8, 4) is 11.9 Å². The molecule has 9 heteroatoms. The van der Waals surface area contributed by atoms with Crippen molar-refractivity contribution in [3.63, 3.8) is 0 Å². The molecule has 0 saturated carbocycles. The summed E-state index contributed by atoms with van der Waals surface area (Å²) >= 11 is 0. The summed E-state index contributed by atoms with van der Waals surface area (Å²) in [5, 5.41) is 0. The van der Waals surface area contributed by atoms with Crippen LogP contribution in [-0.2, 0) is 22.9 Å². The van der Waals surface area contributed by atoms with Gasteiger partial charge in [0.15, 0.2) is 0 Å². The van der Waals surface area contributed by atoms with Gasteiger partial charge in [0.2, 0.25) is 5.88 Å². The highest BCUT2D eigenvalue weighted by Gasteiger charge is 2.46. The van der Waals surface area contributed by atoms with Gasteiger partial charge < -0.3 is 18.9 Å². The molecule has 0 radical (unpaired) electrons. The SMILES string of the molecule is COc1nc(OC)n(C)c(=O)c1C[C@@H]1COC(C)(C)N1C(=O)OC(C)(C)C. The molecule has 1 amide bonds. The molecule has 1 aromatic heterocycles. The van der Waals surface area contributed by atoms with Gasteiger partial charge >= 0.3 is 12.1 Å². The first kappa shape index (κ1) is 21.0. The Balaban J connectivity index is 2.40. The Morgan fingerprint density at radius 3 is 2.44 bits per heavy atom. The normalized spacial score (nSPS) is 19.1. The zero-order valence-corrected chi connectivity index (χ0v) is 17.3. The predicted molar refractivity (Wildman–Crippen MR) is 98.2 cm³/mol. The largest absolute Gasteiger partial charge is 0.481 e. The Labute approximate surface area is 159 Å². The summed E-state index contributed by atoms with van der Waals surface area (Å²) in [6, 6.07) is -0.251. The molecule has 27 heavy (non-hydrogen) atoms. The molecular formula is C18H29N3O6. The number of amides is 1. The molecule has 0 aliphatic carbocycles. The molecule has 0 N–H and O–H groups in total. The second-order valence-electron chi connectivity index (χ2n) is 7.92. The topological polar surface area (TPSA) is 92.1 Å². The van der Waals surface area contributed by atoms with E-state index in [2.05, 4.69) is 4.98 Å². The molecular weight excluding hydrogens is 354 g/mol. The molecule has 1 atom stereocenters. The number of aromatic nitrogens is 2. The lowest BCUT2D eigenvalue weighted by Crippen LogP contribution is -2.50. The van der Waals surface area contributed by atoms with Gasteiger partial charge in [-0.25, -0.2) is 4.79 Å². The maximum Gasteiger partial charge on any atom is 0.412 e. The second-order valence-corrected chi connectivity index (χ2v) is 7.92. The van der Waals surface area contributed by atoms with Crippen LogP contribution in [0.15, 0.2) is 4.79 Å². The summed E-state index contributed by atoms with van der Waals surface area (Å²) < 4.78 is 23.0. The molecule has 152 valence electrons. The van der Waals surface area contributed by atoms with Gasteiger partial charge in [-0.1, -0.05) is 0 Å². The number of nitrogens with zero attached hydrogens (tertiary/aromatic N) is 3. The van der Waals surface area contributed by atoms with Crippen molar-refractivity contribution in [1.82, 2.24) is 14.5 Å². The predicted octanol–water partition coefficient (Wildman–Crippen LogP) is 1.71. The van der Waals surface area contributed by atoms with Crippen molar-refractivity contribution in [3.05, 3.63) is 15.9 Å². The maximum absolute atomic E-state index is 12.8. The number of carbonyl (C=O) groups is 1. The number of hydrogen-bond donors (Lipinski definition) is 0. The fraction of sp³-hybridized carbons (Fsp3) is 0.722. The van der Waals surface area contributed by atoms with E-state index >= 15 is 0 Å². The molecule has 9 nitrogen and oxygen atoms in total.